The van der Waals surface area contributed by atoms with Crippen LogP contribution in [0.1, 0.15) is 24.5 Å². The first kappa shape index (κ1) is 12.9. The van der Waals surface area contributed by atoms with Crippen LogP contribution in [0.2, 0.25) is 0 Å². The van der Waals surface area contributed by atoms with Crippen molar-refractivity contribution in [2.45, 2.75) is 33.3 Å². The highest BCUT2D eigenvalue weighted by atomic mass is 16.5. The molecule has 1 aliphatic heterocycles. The highest BCUT2D eigenvalue weighted by molar-refractivity contribution is 5.95. The molecule has 0 bridgehead atoms. The van der Waals surface area contributed by atoms with E-state index in [-0.39, 0.29) is 23.7 Å². The van der Waals surface area contributed by atoms with Gasteiger partial charge in [0.25, 0.3) is 5.91 Å². The zero-order valence-electron chi connectivity index (χ0n) is 11.0. The van der Waals surface area contributed by atoms with E-state index in [2.05, 4.69) is 5.32 Å². The predicted molar refractivity (Wildman–Crippen MR) is 69.7 cm³/mol. The second-order valence-corrected chi connectivity index (χ2v) is 5.00. The summed E-state index contributed by atoms with van der Waals surface area (Å²) in [6.07, 6.45) is 0.560. The van der Waals surface area contributed by atoms with Crippen molar-refractivity contribution in [1.82, 2.24) is 0 Å². The van der Waals surface area contributed by atoms with Crippen LogP contribution in [-0.2, 0) is 9.53 Å². The van der Waals surface area contributed by atoms with E-state index in [1.54, 1.807) is 19.1 Å². The average Bonchev–Trinajstić information content (AvgIpc) is 2.72. The largest absolute Gasteiger partial charge is 0.508 e. The van der Waals surface area contributed by atoms with Gasteiger partial charge in [0.15, 0.2) is 0 Å². The molecule has 0 aromatic heterocycles. The number of rotatable bonds is 2. The van der Waals surface area contributed by atoms with Crippen molar-refractivity contribution in [2.24, 2.45) is 5.92 Å². The zero-order chi connectivity index (χ0) is 13.3. The van der Waals surface area contributed by atoms with Crippen LogP contribution in [-0.4, -0.2) is 23.7 Å². The summed E-state index contributed by atoms with van der Waals surface area (Å²) in [4.78, 5) is 12.1. The van der Waals surface area contributed by atoms with Crippen LogP contribution < -0.4 is 5.32 Å². The van der Waals surface area contributed by atoms with Gasteiger partial charge >= 0.3 is 0 Å². The molecule has 4 nitrogen and oxygen atoms in total. The molecule has 1 fully saturated rings. The SMILES string of the molecule is Cc1cc(NC(=O)C2OCCC2C)c(C)cc1O. The quantitative estimate of drug-likeness (QED) is 0.791. The number of aromatic hydroxyl groups is 1. The normalized spacial score (nSPS) is 23.1. The van der Waals surface area contributed by atoms with Crippen LogP contribution in [0.15, 0.2) is 12.1 Å². The van der Waals surface area contributed by atoms with Crippen molar-refractivity contribution in [3.8, 4) is 5.75 Å². The van der Waals surface area contributed by atoms with E-state index in [9.17, 15) is 9.90 Å². The van der Waals surface area contributed by atoms with Gasteiger partial charge in [-0.15, -0.1) is 0 Å². The Hall–Kier alpha value is -1.55. The van der Waals surface area contributed by atoms with E-state index < -0.39 is 0 Å². The Morgan fingerprint density at radius 1 is 1.39 bits per heavy atom. The summed E-state index contributed by atoms with van der Waals surface area (Å²) in [6, 6.07) is 3.44. The Morgan fingerprint density at radius 3 is 2.72 bits per heavy atom. The van der Waals surface area contributed by atoms with Crippen LogP contribution in [0, 0.1) is 19.8 Å². The maximum Gasteiger partial charge on any atom is 0.253 e. The minimum atomic E-state index is -0.362. The molecule has 2 atom stereocenters. The number of ether oxygens (including phenoxy) is 1. The standard InChI is InChI=1S/C14H19NO3/c1-8-4-5-18-13(8)14(17)15-11-6-10(3)12(16)7-9(11)2/h6-8,13,16H,4-5H2,1-3H3,(H,15,17). The van der Waals surface area contributed by atoms with Gasteiger partial charge in [0.2, 0.25) is 0 Å². The molecule has 4 heteroatoms. The lowest BCUT2D eigenvalue weighted by atomic mass is 10.0. The average molecular weight is 249 g/mol. The molecule has 0 radical (unpaired) electrons. The smallest absolute Gasteiger partial charge is 0.253 e. The summed E-state index contributed by atoms with van der Waals surface area (Å²) >= 11 is 0. The van der Waals surface area contributed by atoms with Crippen molar-refractivity contribution in [3.05, 3.63) is 23.3 Å². The summed E-state index contributed by atoms with van der Waals surface area (Å²) in [5.41, 5.74) is 2.33. The topological polar surface area (TPSA) is 58.6 Å². The summed E-state index contributed by atoms with van der Waals surface area (Å²) in [7, 11) is 0. The van der Waals surface area contributed by atoms with Gasteiger partial charge < -0.3 is 15.2 Å². The fraction of sp³-hybridized carbons (Fsp3) is 0.500. The molecule has 1 aromatic rings. The van der Waals surface area contributed by atoms with Gasteiger partial charge in [-0.25, -0.2) is 0 Å². The van der Waals surface area contributed by atoms with Crippen molar-refractivity contribution in [3.63, 3.8) is 0 Å². The third-order valence-electron chi connectivity index (χ3n) is 3.45. The third-order valence-corrected chi connectivity index (χ3v) is 3.45. The molecular formula is C14H19NO3. The second-order valence-electron chi connectivity index (χ2n) is 5.00. The van der Waals surface area contributed by atoms with Crippen molar-refractivity contribution in [2.75, 3.05) is 11.9 Å². The summed E-state index contributed by atoms with van der Waals surface area (Å²) in [5, 5.41) is 12.5. The molecule has 0 aliphatic carbocycles. The molecule has 1 aromatic carbocycles. The number of nitrogens with one attached hydrogen (secondary N) is 1. The minimum absolute atomic E-state index is 0.104. The minimum Gasteiger partial charge on any atom is -0.508 e. The fourth-order valence-corrected chi connectivity index (χ4v) is 2.17. The number of anilines is 1. The van der Waals surface area contributed by atoms with Crippen molar-refractivity contribution >= 4 is 11.6 Å². The fourth-order valence-electron chi connectivity index (χ4n) is 2.17. The lowest BCUT2D eigenvalue weighted by Crippen LogP contribution is -2.31. The number of amides is 1. The Kier molecular flexibility index (Phi) is 3.57. The highest BCUT2D eigenvalue weighted by Gasteiger charge is 2.31. The third kappa shape index (κ3) is 2.48. The van der Waals surface area contributed by atoms with Crippen LogP contribution in [0.5, 0.6) is 5.75 Å². The number of hydrogen-bond donors (Lipinski definition) is 2. The maximum absolute atomic E-state index is 12.1. The number of phenolic OH excluding ortho intramolecular Hbond substituents is 1. The Bertz CT molecular complexity index is 470. The Balaban J connectivity index is 2.14. The van der Waals surface area contributed by atoms with Gasteiger partial charge in [-0.3, -0.25) is 4.79 Å². The van der Waals surface area contributed by atoms with Crippen LogP contribution in [0.4, 0.5) is 5.69 Å². The zero-order valence-corrected chi connectivity index (χ0v) is 11.0. The molecule has 2 unspecified atom stereocenters. The molecule has 0 saturated carbocycles. The molecular weight excluding hydrogens is 230 g/mol. The van der Waals surface area contributed by atoms with Gasteiger partial charge in [0.1, 0.15) is 11.9 Å². The van der Waals surface area contributed by atoms with E-state index in [4.69, 9.17) is 4.74 Å². The first-order valence-corrected chi connectivity index (χ1v) is 6.21. The molecule has 1 saturated heterocycles. The van der Waals surface area contributed by atoms with Gasteiger partial charge in [-0.2, -0.15) is 0 Å². The predicted octanol–water partition coefficient (Wildman–Crippen LogP) is 2.37. The lowest BCUT2D eigenvalue weighted by Gasteiger charge is -2.16. The summed E-state index contributed by atoms with van der Waals surface area (Å²) in [5.74, 6) is 0.396. The molecule has 1 amide bonds. The number of carbonyl (C=O) groups is 1. The van der Waals surface area contributed by atoms with Gasteiger partial charge in [0.05, 0.1) is 0 Å². The van der Waals surface area contributed by atoms with Gasteiger partial charge in [-0.1, -0.05) is 6.92 Å². The van der Waals surface area contributed by atoms with E-state index in [1.807, 2.05) is 13.8 Å². The number of carbonyl (C=O) groups excluding carboxylic acids is 1. The first-order valence-electron chi connectivity index (χ1n) is 6.21. The van der Waals surface area contributed by atoms with E-state index in [0.29, 0.717) is 6.61 Å². The number of benzene rings is 1. The number of hydrogen-bond acceptors (Lipinski definition) is 3. The molecule has 2 N–H and O–H groups in total. The molecule has 1 aliphatic rings. The summed E-state index contributed by atoms with van der Waals surface area (Å²) < 4.78 is 5.43. The molecule has 0 spiro atoms. The monoisotopic (exact) mass is 249 g/mol. The molecule has 1 heterocycles. The summed E-state index contributed by atoms with van der Waals surface area (Å²) in [6.45, 7) is 6.33. The van der Waals surface area contributed by atoms with Crippen molar-refractivity contribution in [1.29, 1.82) is 0 Å². The number of aryl methyl sites for hydroxylation is 2. The second kappa shape index (κ2) is 4.98. The van der Waals surface area contributed by atoms with E-state index >= 15 is 0 Å². The first-order chi connectivity index (χ1) is 8.49. The van der Waals surface area contributed by atoms with Crippen LogP contribution in [0.25, 0.3) is 0 Å². The lowest BCUT2D eigenvalue weighted by molar-refractivity contribution is -0.126. The highest BCUT2D eigenvalue weighted by Crippen LogP contribution is 2.27. The Labute approximate surface area is 107 Å². The van der Waals surface area contributed by atoms with E-state index in [1.165, 1.54) is 0 Å². The van der Waals surface area contributed by atoms with E-state index in [0.717, 1.165) is 23.2 Å². The molecule has 98 valence electrons. The van der Waals surface area contributed by atoms with Gasteiger partial charge in [0, 0.05) is 12.3 Å². The Morgan fingerprint density at radius 2 is 2.11 bits per heavy atom. The van der Waals surface area contributed by atoms with Gasteiger partial charge in [-0.05, 0) is 49.4 Å². The molecule has 2 rings (SSSR count). The van der Waals surface area contributed by atoms with Crippen molar-refractivity contribution < 1.29 is 14.6 Å². The van der Waals surface area contributed by atoms with Crippen LogP contribution >= 0.6 is 0 Å². The number of phenols is 1. The van der Waals surface area contributed by atoms with Crippen LogP contribution in [0.3, 0.4) is 0 Å². The molecule has 18 heavy (non-hydrogen) atoms. The maximum atomic E-state index is 12.1.